The predicted octanol–water partition coefficient (Wildman–Crippen LogP) is 5.09. The third-order valence-corrected chi connectivity index (χ3v) is 8.72. The predicted molar refractivity (Wildman–Crippen MR) is 152 cm³/mol. The van der Waals surface area contributed by atoms with E-state index in [1.807, 2.05) is 44.2 Å². The lowest BCUT2D eigenvalue weighted by Crippen LogP contribution is -2.52. The topological polar surface area (TPSA) is 86.8 Å². The average molecular weight is 577 g/mol. The van der Waals surface area contributed by atoms with Crippen LogP contribution in [0.1, 0.15) is 24.5 Å². The van der Waals surface area contributed by atoms with E-state index in [2.05, 4.69) is 5.32 Å². The smallest absolute Gasteiger partial charge is 0.264 e. The number of sulfonamides is 1. The molecule has 38 heavy (non-hydrogen) atoms. The molecular weight excluding hydrogens is 545 g/mol. The quantitative estimate of drug-likeness (QED) is 0.345. The van der Waals surface area contributed by atoms with E-state index < -0.39 is 28.5 Å². The lowest BCUT2D eigenvalue weighted by atomic mass is 10.1. The number of carbonyl (C=O) groups is 2. The molecule has 0 saturated carbocycles. The van der Waals surface area contributed by atoms with Crippen molar-refractivity contribution >= 4 is 50.7 Å². The zero-order valence-electron chi connectivity index (χ0n) is 21.5. The molecule has 0 bridgehead atoms. The molecule has 7 nitrogen and oxygen atoms in total. The Morgan fingerprint density at radius 2 is 1.61 bits per heavy atom. The number of anilines is 1. The van der Waals surface area contributed by atoms with E-state index in [-0.39, 0.29) is 33.1 Å². The van der Waals surface area contributed by atoms with Crippen molar-refractivity contribution in [3.63, 3.8) is 0 Å². The maximum Gasteiger partial charge on any atom is 0.264 e. The van der Waals surface area contributed by atoms with E-state index in [1.165, 1.54) is 42.3 Å². The molecule has 1 N–H and O–H groups in total. The number of aryl methyl sites for hydroxylation is 1. The normalized spacial score (nSPS) is 12.0. The molecule has 0 saturated heterocycles. The second kappa shape index (κ2) is 13.1. The number of rotatable bonds is 11. The van der Waals surface area contributed by atoms with Gasteiger partial charge in [-0.1, -0.05) is 78.2 Å². The summed E-state index contributed by atoms with van der Waals surface area (Å²) in [5.41, 5.74) is 2.07. The summed E-state index contributed by atoms with van der Waals surface area (Å²) in [6, 6.07) is 19.6. The maximum absolute atomic E-state index is 13.8. The fraction of sp³-hybridized carbons (Fsp3) is 0.286. The molecule has 202 valence electrons. The van der Waals surface area contributed by atoms with Crippen LogP contribution in [0.25, 0.3) is 0 Å². The van der Waals surface area contributed by atoms with Crippen LogP contribution in [-0.2, 0) is 26.0 Å². The fourth-order valence-corrected chi connectivity index (χ4v) is 5.77. The van der Waals surface area contributed by atoms with Crippen LogP contribution < -0.4 is 9.62 Å². The second-order valence-corrected chi connectivity index (χ2v) is 11.5. The van der Waals surface area contributed by atoms with Gasteiger partial charge in [-0.2, -0.15) is 0 Å². The summed E-state index contributed by atoms with van der Waals surface area (Å²) in [5, 5.41) is 3.02. The summed E-state index contributed by atoms with van der Waals surface area (Å²) in [5.74, 6) is -0.838. The van der Waals surface area contributed by atoms with Crippen LogP contribution in [0.3, 0.4) is 0 Å². The minimum Gasteiger partial charge on any atom is -0.357 e. The largest absolute Gasteiger partial charge is 0.357 e. The second-order valence-electron chi connectivity index (χ2n) is 8.78. The van der Waals surface area contributed by atoms with Crippen LogP contribution in [0.15, 0.2) is 77.7 Å². The van der Waals surface area contributed by atoms with Gasteiger partial charge in [-0.3, -0.25) is 13.9 Å². The molecule has 0 aliphatic carbocycles. The number of likely N-dealkylation sites (N-methyl/N-ethyl adjacent to an activating group) is 1. The zero-order chi connectivity index (χ0) is 27.9. The van der Waals surface area contributed by atoms with Crippen molar-refractivity contribution in [1.82, 2.24) is 10.2 Å². The molecule has 0 aliphatic rings. The lowest BCUT2D eigenvalue weighted by Gasteiger charge is -2.33. The van der Waals surface area contributed by atoms with Crippen molar-refractivity contribution in [2.75, 3.05) is 24.4 Å². The highest BCUT2D eigenvalue weighted by atomic mass is 35.5. The molecule has 3 rings (SSSR count). The summed E-state index contributed by atoms with van der Waals surface area (Å²) in [4.78, 5) is 28.0. The first-order chi connectivity index (χ1) is 18.1. The van der Waals surface area contributed by atoms with Crippen LogP contribution in [-0.4, -0.2) is 51.3 Å². The number of benzene rings is 3. The average Bonchev–Trinajstić information content (AvgIpc) is 2.91. The van der Waals surface area contributed by atoms with Gasteiger partial charge in [0.25, 0.3) is 10.0 Å². The molecule has 3 aromatic rings. The summed E-state index contributed by atoms with van der Waals surface area (Å²) in [6.45, 7) is 3.36. The molecule has 0 aromatic heterocycles. The highest BCUT2D eigenvalue weighted by Crippen LogP contribution is 2.31. The Labute approximate surface area is 234 Å². The molecule has 0 heterocycles. The minimum atomic E-state index is -4.17. The van der Waals surface area contributed by atoms with Crippen LogP contribution in [0.4, 0.5) is 5.69 Å². The van der Waals surface area contributed by atoms with Crippen LogP contribution in [0.2, 0.25) is 10.0 Å². The van der Waals surface area contributed by atoms with Gasteiger partial charge in [0.05, 0.1) is 20.6 Å². The summed E-state index contributed by atoms with van der Waals surface area (Å²) in [6.07, 6.45) is 0.856. The molecule has 0 aliphatic heterocycles. The van der Waals surface area contributed by atoms with Gasteiger partial charge in [0.2, 0.25) is 11.8 Å². The molecule has 3 aromatic carbocycles. The summed E-state index contributed by atoms with van der Waals surface area (Å²) < 4.78 is 28.6. The minimum absolute atomic E-state index is 0.0242. The third kappa shape index (κ3) is 7.07. The van der Waals surface area contributed by atoms with Gasteiger partial charge in [-0.15, -0.1) is 0 Å². The number of hydrogen-bond donors (Lipinski definition) is 1. The first-order valence-corrected chi connectivity index (χ1v) is 14.4. The number of nitrogens with zero attached hydrogens (tertiary/aromatic N) is 2. The van der Waals surface area contributed by atoms with E-state index in [0.717, 1.165) is 15.4 Å². The Hall–Kier alpha value is -3.07. The van der Waals surface area contributed by atoms with E-state index in [9.17, 15) is 18.0 Å². The Bertz CT molecular complexity index is 1370. The van der Waals surface area contributed by atoms with Crippen molar-refractivity contribution in [3.8, 4) is 0 Å². The van der Waals surface area contributed by atoms with Crippen LogP contribution in [0, 0.1) is 6.92 Å². The first-order valence-electron chi connectivity index (χ1n) is 12.2. The number of nitrogens with one attached hydrogen (secondary N) is 1. The van der Waals surface area contributed by atoms with Crippen molar-refractivity contribution in [1.29, 1.82) is 0 Å². The highest BCUT2D eigenvalue weighted by molar-refractivity contribution is 7.92. The van der Waals surface area contributed by atoms with E-state index in [4.69, 9.17) is 23.2 Å². The number of hydrogen-bond acceptors (Lipinski definition) is 4. The molecule has 0 spiro atoms. The lowest BCUT2D eigenvalue weighted by molar-refractivity contribution is -0.139. The van der Waals surface area contributed by atoms with Gasteiger partial charge in [0, 0.05) is 13.6 Å². The SMILES string of the molecule is CC[C@H](C(=O)NC)N(CCc1ccccc1)C(=O)CN(c1ccc(Cl)c(Cl)c1)S(=O)(=O)c1ccc(C)cc1. The molecule has 0 radical (unpaired) electrons. The van der Waals surface area contributed by atoms with Gasteiger partial charge in [-0.25, -0.2) is 8.42 Å². The zero-order valence-corrected chi connectivity index (χ0v) is 23.9. The van der Waals surface area contributed by atoms with Gasteiger partial charge in [0.1, 0.15) is 12.6 Å². The Morgan fingerprint density at radius 3 is 2.18 bits per heavy atom. The number of halogens is 2. The van der Waals surface area contributed by atoms with E-state index in [1.54, 1.807) is 12.1 Å². The van der Waals surface area contributed by atoms with Crippen LogP contribution >= 0.6 is 23.2 Å². The van der Waals surface area contributed by atoms with Crippen molar-refractivity contribution < 1.29 is 18.0 Å². The monoisotopic (exact) mass is 575 g/mol. The van der Waals surface area contributed by atoms with Gasteiger partial charge >= 0.3 is 0 Å². The Balaban J connectivity index is 2.03. The molecule has 10 heteroatoms. The maximum atomic E-state index is 13.8. The van der Waals surface area contributed by atoms with Crippen molar-refractivity contribution in [2.24, 2.45) is 0 Å². The molecule has 2 amide bonds. The van der Waals surface area contributed by atoms with Crippen molar-refractivity contribution in [2.45, 2.75) is 37.6 Å². The van der Waals surface area contributed by atoms with Gasteiger partial charge < -0.3 is 10.2 Å². The summed E-state index contributed by atoms with van der Waals surface area (Å²) >= 11 is 12.3. The van der Waals surface area contributed by atoms with E-state index >= 15 is 0 Å². The van der Waals surface area contributed by atoms with E-state index in [0.29, 0.717) is 12.8 Å². The molecule has 0 unspecified atom stereocenters. The van der Waals surface area contributed by atoms with Gasteiger partial charge in [0.15, 0.2) is 0 Å². The Morgan fingerprint density at radius 1 is 0.947 bits per heavy atom. The Kier molecular flexibility index (Phi) is 10.2. The number of amides is 2. The third-order valence-electron chi connectivity index (χ3n) is 6.20. The highest BCUT2D eigenvalue weighted by Gasteiger charge is 2.33. The van der Waals surface area contributed by atoms with Crippen molar-refractivity contribution in [3.05, 3.63) is 94.0 Å². The molecule has 1 atom stereocenters. The van der Waals surface area contributed by atoms with Crippen LogP contribution in [0.5, 0.6) is 0 Å². The molecule has 0 fully saturated rings. The molecular formula is C28H31Cl2N3O4S. The number of carbonyl (C=O) groups excluding carboxylic acids is 2. The standard InChI is InChI=1S/C28H31Cl2N3O4S/c1-4-26(28(35)31-3)32(17-16-21-8-6-5-7-9-21)27(34)19-33(22-12-15-24(29)25(30)18-22)38(36,37)23-13-10-20(2)11-14-23/h5-15,18,26H,4,16-17,19H2,1-3H3,(H,31,35)/t26-/m1/s1. The fourth-order valence-electron chi connectivity index (χ4n) is 4.07. The summed E-state index contributed by atoms with van der Waals surface area (Å²) in [7, 11) is -2.66. The first kappa shape index (κ1) is 29.5. The van der Waals surface area contributed by atoms with Gasteiger partial charge in [-0.05, 0) is 55.7 Å².